The van der Waals surface area contributed by atoms with Gasteiger partial charge in [-0.05, 0) is 63.1 Å². The van der Waals surface area contributed by atoms with Crippen molar-refractivity contribution in [3.63, 3.8) is 0 Å². The van der Waals surface area contributed by atoms with Crippen molar-refractivity contribution in [1.29, 1.82) is 0 Å². The van der Waals surface area contributed by atoms with Crippen LogP contribution in [-0.4, -0.2) is 4.98 Å². The van der Waals surface area contributed by atoms with Gasteiger partial charge < -0.3 is 4.72 Å². The molecule has 5 heteroatoms. The summed E-state index contributed by atoms with van der Waals surface area (Å²) in [6.45, 7) is 6.63. The van der Waals surface area contributed by atoms with Crippen LogP contribution in [0.2, 0.25) is 5.02 Å². The lowest BCUT2D eigenvalue weighted by atomic mass is 9.87. The maximum atomic E-state index is 5.91. The number of aromatic nitrogens is 1. The fourth-order valence-electron chi connectivity index (χ4n) is 1.61. The molecule has 0 saturated heterocycles. The van der Waals surface area contributed by atoms with E-state index in [-0.39, 0.29) is 5.41 Å². The molecular weight excluding hydrogens is 356 g/mol. The molecule has 1 N–H and O–H groups in total. The van der Waals surface area contributed by atoms with E-state index < -0.39 is 0 Å². The van der Waals surface area contributed by atoms with Crippen molar-refractivity contribution in [2.24, 2.45) is 0 Å². The van der Waals surface area contributed by atoms with Crippen molar-refractivity contribution in [2.45, 2.75) is 31.1 Å². The lowest BCUT2D eigenvalue weighted by Gasteiger charge is -2.19. The number of nitrogens with one attached hydrogen (secondary N) is 1. The second-order valence-electron chi connectivity index (χ2n) is 5.45. The first-order chi connectivity index (χ1) is 9.36. The number of rotatable bonds is 3. The highest BCUT2D eigenvalue weighted by molar-refractivity contribution is 9.10. The van der Waals surface area contributed by atoms with Gasteiger partial charge in [0.15, 0.2) is 0 Å². The summed E-state index contributed by atoms with van der Waals surface area (Å²) in [5.41, 5.74) is 1.51. The predicted molar refractivity (Wildman–Crippen MR) is 91.6 cm³/mol. The van der Waals surface area contributed by atoms with Gasteiger partial charge in [-0.1, -0.05) is 44.5 Å². The molecule has 2 nitrogen and oxygen atoms in total. The zero-order valence-corrected chi connectivity index (χ0v) is 14.7. The number of anilines is 1. The molecule has 0 aliphatic heterocycles. The molecule has 0 fully saturated rings. The highest BCUT2D eigenvalue weighted by Gasteiger charge is 2.12. The molecule has 0 aliphatic rings. The van der Waals surface area contributed by atoms with E-state index in [9.17, 15) is 0 Å². The van der Waals surface area contributed by atoms with Crippen molar-refractivity contribution < 1.29 is 0 Å². The minimum absolute atomic E-state index is 0.180. The van der Waals surface area contributed by atoms with E-state index in [4.69, 9.17) is 11.6 Å². The van der Waals surface area contributed by atoms with Crippen LogP contribution in [0.3, 0.4) is 0 Å². The molecule has 0 spiro atoms. The molecular formula is C15H16BrClN2S. The van der Waals surface area contributed by atoms with Crippen LogP contribution in [0.15, 0.2) is 45.9 Å². The molecule has 0 amide bonds. The standard InChI is InChI=1S/C15H16BrClN2S/c1-15(2,3)10-4-6-11(7-5-10)20-19-13-9-8-12(17)14(16)18-13/h4-9H,1-3H3,(H,18,19). The Morgan fingerprint density at radius 1 is 1.10 bits per heavy atom. The summed E-state index contributed by atoms with van der Waals surface area (Å²) >= 11 is 10.8. The molecule has 0 aliphatic carbocycles. The molecule has 1 heterocycles. The van der Waals surface area contributed by atoms with Gasteiger partial charge in [-0.15, -0.1) is 0 Å². The van der Waals surface area contributed by atoms with E-state index in [1.165, 1.54) is 17.5 Å². The summed E-state index contributed by atoms with van der Waals surface area (Å²) in [4.78, 5) is 5.44. The zero-order valence-electron chi connectivity index (χ0n) is 11.6. The first-order valence-corrected chi connectivity index (χ1v) is 8.20. The van der Waals surface area contributed by atoms with Gasteiger partial charge >= 0.3 is 0 Å². The molecule has 20 heavy (non-hydrogen) atoms. The van der Waals surface area contributed by atoms with E-state index in [2.05, 4.69) is 70.7 Å². The molecule has 0 bridgehead atoms. The first-order valence-electron chi connectivity index (χ1n) is 6.22. The molecule has 0 unspecified atom stereocenters. The third kappa shape index (κ3) is 4.14. The lowest BCUT2D eigenvalue weighted by molar-refractivity contribution is 0.590. The van der Waals surface area contributed by atoms with Gasteiger partial charge in [0.1, 0.15) is 10.4 Å². The quantitative estimate of drug-likeness (QED) is 0.536. The lowest BCUT2D eigenvalue weighted by Crippen LogP contribution is -2.10. The fraction of sp³-hybridized carbons (Fsp3) is 0.267. The molecule has 0 saturated carbocycles. The number of pyridine rings is 1. The van der Waals surface area contributed by atoms with Gasteiger partial charge in [-0.25, -0.2) is 4.98 Å². The van der Waals surface area contributed by atoms with Crippen LogP contribution in [0.25, 0.3) is 0 Å². The molecule has 1 aromatic carbocycles. The topological polar surface area (TPSA) is 24.9 Å². The van der Waals surface area contributed by atoms with E-state index in [0.29, 0.717) is 9.63 Å². The van der Waals surface area contributed by atoms with Gasteiger partial charge in [-0.2, -0.15) is 0 Å². The Bertz CT molecular complexity index is 594. The van der Waals surface area contributed by atoms with Gasteiger partial charge in [-0.3, -0.25) is 0 Å². The molecule has 1 aromatic heterocycles. The predicted octanol–water partition coefficient (Wildman–Crippen LogP) is 5.91. The van der Waals surface area contributed by atoms with Crippen molar-refractivity contribution >= 4 is 45.3 Å². The highest BCUT2D eigenvalue weighted by atomic mass is 79.9. The molecule has 106 valence electrons. The average Bonchev–Trinajstić information content (AvgIpc) is 2.40. The summed E-state index contributed by atoms with van der Waals surface area (Å²) in [6, 6.07) is 12.2. The maximum Gasteiger partial charge on any atom is 0.137 e. The SMILES string of the molecule is CC(C)(C)c1ccc(SNc2ccc(Cl)c(Br)n2)cc1. The molecule has 2 rings (SSSR count). The third-order valence-corrected chi connectivity index (χ3v) is 4.75. The normalized spacial score (nSPS) is 11.4. The van der Waals surface area contributed by atoms with Gasteiger partial charge in [0.05, 0.1) is 5.02 Å². The Morgan fingerprint density at radius 3 is 2.30 bits per heavy atom. The van der Waals surface area contributed by atoms with Gasteiger partial charge in [0.2, 0.25) is 0 Å². The van der Waals surface area contributed by atoms with Gasteiger partial charge in [0, 0.05) is 4.90 Å². The summed E-state index contributed by atoms with van der Waals surface area (Å²) in [6.07, 6.45) is 0. The average molecular weight is 372 g/mol. The first kappa shape index (κ1) is 15.7. The highest BCUT2D eigenvalue weighted by Crippen LogP contribution is 2.27. The van der Waals surface area contributed by atoms with Crippen LogP contribution < -0.4 is 4.72 Å². The summed E-state index contributed by atoms with van der Waals surface area (Å²) in [5.74, 6) is 0.770. The fourth-order valence-corrected chi connectivity index (χ4v) is 2.65. The van der Waals surface area contributed by atoms with Gasteiger partial charge in [0.25, 0.3) is 0 Å². The van der Waals surface area contributed by atoms with Crippen LogP contribution in [-0.2, 0) is 5.41 Å². The second kappa shape index (κ2) is 6.37. The van der Waals surface area contributed by atoms with Crippen LogP contribution in [0.5, 0.6) is 0 Å². The second-order valence-corrected chi connectivity index (χ2v) is 7.49. The smallest absolute Gasteiger partial charge is 0.137 e. The van der Waals surface area contributed by atoms with Crippen LogP contribution in [0, 0.1) is 0 Å². The summed E-state index contributed by atoms with van der Waals surface area (Å²) < 4.78 is 3.85. The Labute approximate surface area is 137 Å². The van der Waals surface area contributed by atoms with E-state index in [1.54, 1.807) is 0 Å². The van der Waals surface area contributed by atoms with Crippen molar-refractivity contribution in [3.8, 4) is 0 Å². The Hall–Kier alpha value is -0.710. The van der Waals surface area contributed by atoms with E-state index in [0.717, 1.165) is 10.7 Å². The summed E-state index contributed by atoms with van der Waals surface area (Å²) in [7, 11) is 0. The van der Waals surface area contributed by atoms with Crippen LogP contribution in [0.4, 0.5) is 5.82 Å². The number of nitrogens with zero attached hydrogens (tertiary/aromatic N) is 1. The Morgan fingerprint density at radius 2 is 1.75 bits per heavy atom. The van der Waals surface area contributed by atoms with Crippen molar-refractivity contribution in [3.05, 3.63) is 51.6 Å². The maximum absolute atomic E-state index is 5.91. The Kier molecular flexibility index (Phi) is 4.99. The van der Waals surface area contributed by atoms with Crippen LogP contribution >= 0.6 is 39.5 Å². The van der Waals surface area contributed by atoms with E-state index >= 15 is 0 Å². The minimum Gasteiger partial charge on any atom is -0.310 e. The third-order valence-electron chi connectivity index (χ3n) is 2.80. The zero-order chi connectivity index (χ0) is 14.8. The van der Waals surface area contributed by atoms with Crippen molar-refractivity contribution in [1.82, 2.24) is 4.98 Å². The van der Waals surface area contributed by atoms with Crippen LogP contribution in [0.1, 0.15) is 26.3 Å². The molecule has 0 radical (unpaired) electrons. The number of benzene rings is 1. The van der Waals surface area contributed by atoms with Crippen molar-refractivity contribution in [2.75, 3.05) is 4.72 Å². The number of hydrogen-bond donors (Lipinski definition) is 1. The summed E-state index contributed by atoms with van der Waals surface area (Å²) in [5, 5.41) is 0.607. The number of halogens is 2. The largest absolute Gasteiger partial charge is 0.310 e. The number of hydrogen-bond acceptors (Lipinski definition) is 3. The Balaban J connectivity index is 2.02. The molecule has 2 aromatic rings. The monoisotopic (exact) mass is 370 g/mol. The minimum atomic E-state index is 0.180. The molecule has 0 atom stereocenters. The van der Waals surface area contributed by atoms with E-state index in [1.807, 2.05) is 12.1 Å².